The fourth-order valence-electron chi connectivity index (χ4n) is 4.11. The van der Waals surface area contributed by atoms with E-state index < -0.39 is 11.7 Å². The van der Waals surface area contributed by atoms with Gasteiger partial charge in [-0.05, 0) is 73.2 Å². The Kier molecular flexibility index (Phi) is 8.00. The van der Waals surface area contributed by atoms with Crippen molar-refractivity contribution < 1.29 is 18.0 Å². The first-order chi connectivity index (χ1) is 15.5. The summed E-state index contributed by atoms with van der Waals surface area (Å²) in [5.41, 5.74) is 1.33. The van der Waals surface area contributed by atoms with E-state index in [-0.39, 0.29) is 23.4 Å². The summed E-state index contributed by atoms with van der Waals surface area (Å²) in [5.74, 6) is 0.707. The SMILES string of the molecule is CSCCCC1(C)CN(CC(=O)Nc2ccc(C(F)(F)F)c(C)c2)N=C1c1ccc(Cl)cc1. The summed E-state index contributed by atoms with van der Waals surface area (Å²) in [4.78, 5) is 12.7. The van der Waals surface area contributed by atoms with Crippen LogP contribution in [0.25, 0.3) is 0 Å². The van der Waals surface area contributed by atoms with E-state index >= 15 is 0 Å². The molecule has 33 heavy (non-hydrogen) atoms. The molecule has 0 aliphatic carbocycles. The third kappa shape index (κ3) is 6.44. The molecule has 0 spiro atoms. The number of alkyl halides is 3. The van der Waals surface area contributed by atoms with Crippen LogP contribution in [-0.4, -0.2) is 41.7 Å². The van der Waals surface area contributed by atoms with E-state index in [0.29, 0.717) is 17.3 Å². The molecule has 0 saturated heterocycles. The van der Waals surface area contributed by atoms with Gasteiger partial charge in [-0.25, -0.2) is 0 Å². The number of hydrogen-bond acceptors (Lipinski definition) is 4. The van der Waals surface area contributed by atoms with E-state index in [1.165, 1.54) is 19.1 Å². The number of halogens is 4. The summed E-state index contributed by atoms with van der Waals surface area (Å²) in [6.07, 6.45) is -0.402. The molecule has 2 aromatic rings. The smallest absolute Gasteiger partial charge is 0.324 e. The molecule has 4 nitrogen and oxygen atoms in total. The second kappa shape index (κ2) is 10.4. The van der Waals surface area contributed by atoms with Gasteiger partial charge in [-0.1, -0.05) is 30.7 Å². The molecule has 0 fully saturated rings. The van der Waals surface area contributed by atoms with Crippen molar-refractivity contribution in [3.63, 3.8) is 0 Å². The molecular weight excluding hydrogens is 471 g/mol. The largest absolute Gasteiger partial charge is 0.416 e. The standard InChI is InChI=1S/C24H27ClF3N3OS/c1-16-13-19(9-10-20(16)24(26,27)28)29-21(32)14-31-15-23(2,11-4-12-33-3)22(30-31)17-5-7-18(25)8-6-17/h5-10,13H,4,11-12,14-15H2,1-3H3,(H,29,32). The number of aryl methyl sites for hydroxylation is 1. The number of rotatable bonds is 8. The molecule has 1 amide bonds. The summed E-state index contributed by atoms with van der Waals surface area (Å²) < 4.78 is 38.9. The maximum Gasteiger partial charge on any atom is 0.416 e. The maximum atomic E-state index is 13.0. The third-order valence-electron chi connectivity index (χ3n) is 5.68. The predicted octanol–water partition coefficient (Wildman–Crippen LogP) is 6.48. The first-order valence-corrected chi connectivity index (χ1v) is 12.4. The fourth-order valence-corrected chi connectivity index (χ4v) is 4.67. The molecule has 1 heterocycles. The van der Waals surface area contributed by atoms with Gasteiger partial charge in [-0.3, -0.25) is 9.80 Å². The van der Waals surface area contributed by atoms with E-state index in [0.717, 1.165) is 35.9 Å². The lowest BCUT2D eigenvalue weighted by Gasteiger charge is -2.26. The van der Waals surface area contributed by atoms with E-state index in [1.54, 1.807) is 16.8 Å². The summed E-state index contributed by atoms with van der Waals surface area (Å²) in [6.45, 7) is 4.12. The van der Waals surface area contributed by atoms with Crippen LogP contribution in [-0.2, 0) is 11.0 Å². The zero-order chi connectivity index (χ0) is 24.2. The molecule has 1 aliphatic rings. The Labute approximate surface area is 201 Å². The topological polar surface area (TPSA) is 44.7 Å². The molecule has 1 atom stereocenters. The lowest BCUT2D eigenvalue weighted by atomic mass is 9.78. The third-order valence-corrected chi connectivity index (χ3v) is 6.63. The van der Waals surface area contributed by atoms with Crippen molar-refractivity contribution in [2.24, 2.45) is 10.5 Å². The van der Waals surface area contributed by atoms with Crippen LogP contribution in [0.15, 0.2) is 47.6 Å². The van der Waals surface area contributed by atoms with Crippen molar-refractivity contribution in [2.45, 2.75) is 32.9 Å². The van der Waals surface area contributed by atoms with Crippen molar-refractivity contribution in [1.29, 1.82) is 0 Å². The Hall–Kier alpha value is -2.19. The Balaban J connectivity index is 1.74. The highest BCUT2D eigenvalue weighted by molar-refractivity contribution is 7.98. The molecule has 9 heteroatoms. The van der Waals surface area contributed by atoms with Crippen LogP contribution in [0.5, 0.6) is 0 Å². The highest BCUT2D eigenvalue weighted by atomic mass is 35.5. The van der Waals surface area contributed by atoms with Crippen molar-refractivity contribution in [3.05, 3.63) is 64.2 Å². The first kappa shape index (κ1) is 25.4. The van der Waals surface area contributed by atoms with Crippen molar-refractivity contribution in [1.82, 2.24) is 5.01 Å². The number of benzene rings is 2. The zero-order valence-corrected chi connectivity index (χ0v) is 20.4. The molecule has 0 aromatic heterocycles. The van der Waals surface area contributed by atoms with Crippen LogP contribution in [0.3, 0.4) is 0 Å². The lowest BCUT2D eigenvalue weighted by molar-refractivity contribution is -0.138. The number of nitrogens with zero attached hydrogens (tertiary/aromatic N) is 2. The molecule has 1 unspecified atom stereocenters. The average molecular weight is 498 g/mol. The van der Waals surface area contributed by atoms with E-state index in [4.69, 9.17) is 16.7 Å². The highest BCUT2D eigenvalue weighted by Crippen LogP contribution is 2.36. The summed E-state index contributed by atoms with van der Waals surface area (Å²) in [6, 6.07) is 11.1. The van der Waals surface area contributed by atoms with Crippen LogP contribution in [0.1, 0.15) is 36.5 Å². The van der Waals surface area contributed by atoms with Crippen molar-refractivity contribution in [3.8, 4) is 0 Å². The molecular formula is C24H27ClF3N3OS. The minimum Gasteiger partial charge on any atom is -0.324 e. The van der Waals surface area contributed by atoms with Gasteiger partial charge in [0.05, 0.1) is 11.3 Å². The average Bonchev–Trinajstić information content (AvgIpc) is 3.03. The van der Waals surface area contributed by atoms with Gasteiger partial charge in [0.25, 0.3) is 0 Å². The second-order valence-electron chi connectivity index (χ2n) is 8.51. The monoisotopic (exact) mass is 497 g/mol. The lowest BCUT2D eigenvalue weighted by Crippen LogP contribution is -2.34. The maximum absolute atomic E-state index is 13.0. The number of amides is 1. The van der Waals surface area contributed by atoms with Gasteiger partial charge in [0.1, 0.15) is 6.54 Å². The van der Waals surface area contributed by atoms with Gasteiger partial charge < -0.3 is 5.32 Å². The molecule has 0 saturated carbocycles. The number of hydrazone groups is 1. The Morgan fingerprint density at radius 3 is 2.55 bits per heavy atom. The van der Waals surface area contributed by atoms with Crippen LogP contribution in [0, 0.1) is 12.3 Å². The summed E-state index contributed by atoms with van der Waals surface area (Å²) in [5, 5.41) is 9.82. The predicted molar refractivity (Wildman–Crippen MR) is 130 cm³/mol. The Bertz CT molecular complexity index is 1030. The highest BCUT2D eigenvalue weighted by Gasteiger charge is 2.39. The van der Waals surface area contributed by atoms with E-state index in [1.807, 2.05) is 24.3 Å². The minimum atomic E-state index is -4.42. The molecule has 3 rings (SSSR count). The van der Waals surface area contributed by atoms with Gasteiger partial charge in [0.2, 0.25) is 5.91 Å². The number of anilines is 1. The normalized spacial score (nSPS) is 18.4. The van der Waals surface area contributed by atoms with Crippen LogP contribution in [0.4, 0.5) is 18.9 Å². The molecule has 1 aliphatic heterocycles. The number of carbonyl (C=O) groups excluding carboxylic acids is 1. The van der Waals surface area contributed by atoms with Gasteiger partial charge >= 0.3 is 6.18 Å². The Morgan fingerprint density at radius 2 is 1.94 bits per heavy atom. The van der Waals surface area contributed by atoms with Crippen LogP contribution in [0.2, 0.25) is 5.02 Å². The quantitative estimate of drug-likeness (QED) is 0.425. The van der Waals surface area contributed by atoms with E-state index in [9.17, 15) is 18.0 Å². The zero-order valence-electron chi connectivity index (χ0n) is 18.8. The van der Waals surface area contributed by atoms with Crippen LogP contribution < -0.4 is 5.32 Å². The number of hydrogen-bond donors (Lipinski definition) is 1. The van der Waals surface area contributed by atoms with Crippen LogP contribution >= 0.6 is 23.4 Å². The molecule has 2 aromatic carbocycles. The van der Waals surface area contributed by atoms with Gasteiger partial charge in [0.15, 0.2) is 0 Å². The summed E-state index contributed by atoms with van der Waals surface area (Å²) >= 11 is 7.84. The molecule has 0 bridgehead atoms. The van der Waals surface area contributed by atoms with Crippen molar-refractivity contribution in [2.75, 3.05) is 30.4 Å². The van der Waals surface area contributed by atoms with E-state index in [2.05, 4.69) is 18.5 Å². The number of carbonyl (C=O) groups is 1. The van der Waals surface area contributed by atoms with Gasteiger partial charge in [0, 0.05) is 22.7 Å². The fraction of sp³-hybridized carbons (Fsp3) is 0.417. The molecule has 0 radical (unpaired) electrons. The Morgan fingerprint density at radius 1 is 1.24 bits per heavy atom. The molecule has 178 valence electrons. The van der Waals surface area contributed by atoms with Crippen molar-refractivity contribution >= 4 is 40.7 Å². The second-order valence-corrected chi connectivity index (χ2v) is 9.93. The summed E-state index contributed by atoms with van der Waals surface area (Å²) in [7, 11) is 0. The minimum absolute atomic E-state index is 0.00920. The number of thioether (sulfide) groups is 1. The van der Waals surface area contributed by atoms with Gasteiger partial charge in [-0.2, -0.15) is 30.0 Å². The molecule has 1 N–H and O–H groups in total. The van der Waals surface area contributed by atoms with Gasteiger partial charge in [-0.15, -0.1) is 0 Å². The first-order valence-electron chi connectivity index (χ1n) is 10.6. The number of nitrogens with one attached hydrogen (secondary N) is 1.